The fourth-order valence-corrected chi connectivity index (χ4v) is 2.08. The molecule has 0 N–H and O–H groups in total. The highest BCUT2D eigenvalue weighted by molar-refractivity contribution is 5.70. The SMILES string of the molecule is c1ncc2c(n1)nc1n2CCCCC1. The van der Waals surface area contributed by atoms with Crippen molar-refractivity contribution in [2.75, 3.05) is 0 Å². The first-order valence-corrected chi connectivity index (χ1v) is 5.10. The Balaban J connectivity index is 2.24. The third-order valence-corrected chi connectivity index (χ3v) is 2.79. The van der Waals surface area contributed by atoms with E-state index >= 15 is 0 Å². The van der Waals surface area contributed by atoms with Gasteiger partial charge in [-0.1, -0.05) is 6.42 Å². The Morgan fingerprint density at radius 1 is 1.21 bits per heavy atom. The Morgan fingerprint density at radius 3 is 3.21 bits per heavy atom. The number of aryl methyl sites for hydroxylation is 2. The second kappa shape index (κ2) is 3.04. The minimum Gasteiger partial charge on any atom is -0.325 e. The summed E-state index contributed by atoms with van der Waals surface area (Å²) in [5.74, 6) is 1.18. The van der Waals surface area contributed by atoms with Gasteiger partial charge in [-0.2, -0.15) is 0 Å². The van der Waals surface area contributed by atoms with Crippen LogP contribution < -0.4 is 0 Å². The topological polar surface area (TPSA) is 43.6 Å². The molecule has 0 amide bonds. The van der Waals surface area contributed by atoms with E-state index in [-0.39, 0.29) is 0 Å². The molecule has 4 heteroatoms. The first-order chi connectivity index (χ1) is 6.95. The van der Waals surface area contributed by atoms with E-state index in [0.717, 1.165) is 24.1 Å². The summed E-state index contributed by atoms with van der Waals surface area (Å²) in [5, 5.41) is 0. The van der Waals surface area contributed by atoms with Crippen molar-refractivity contribution in [3.05, 3.63) is 18.3 Å². The van der Waals surface area contributed by atoms with Gasteiger partial charge in [0.25, 0.3) is 0 Å². The van der Waals surface area contributed by atoms with Gasteiger partial charge in [0.2, 0.25) is 0 Å². The first-order valence-electron chi connectivity index (χ1n) is 5.10. The third kappa shape index (κ3) is 1.10. The monoisotopic (exact) mass is 188 g/mol. The molecule has 4 nitrogen and oxygen atoms in total. The Labute approximate surface area is 82.0 Å². The number of nitrogens with zero attached hydrogens (tertiary/aromatic N) is 4. The second-order valence-corrected chi connectivity index (χ2v) is 3.72. The van der Waals surface area contributed by atoms with Gasteiger partial charge in [-0.25, -0.2) is 15.0 Å². The summed E-state index contributed by atoms with van der Waals surface area (Å²) in [6, 6.07) is 0. The van der Waals surface area contributed by atoms with Gasteiger partial charge in [0.05, 0.1) is 6.20 Å². The van der Waals surface area contributed by atoms with Gasteiger partial charge in [-0.3, -0.25) is 0 Å². The zero-order valence-corrected chi connectivity index (χ0v) is 7.98. The minimum absolute atomic E-state index is 0.844. The number of hydrogen-bond acceptors (Lipinski definition) is 3. The lowest BCUT2D eigenvalue weighted by Gasteiger charge is -2.02. The fourth-order valence-electron chi connectivity index (χ4n) is 2.08. The summed E-state index contributed by atoms with van der Waals surface area (Å²) in [4.78, 5) is 12.8. The molecular formula is C10H12N4. The van der Waals surface area contributed by atoms with Crippen molar-refractivity contribution >= 4 is 11.2 Å². The van der Waals surface area contributed by atoms with E-state index < -0.39 is 0 Å². The highest BCUT2D eigenvalue weighted by Crippen LogP contribution is 2.19. The highest BCUT2D eigenvalue weighted by atomic mass is 15.1. The van der Waals surface area contributed by atoms with Crippen molar-refractivity contribution in [3.8, 4) is 0 Å². The maximum absolute atomic E-state index is 4.53. The van der Waals surface area contributed by atoms with E-state index in [2.05, 4.69) is 19.5 Å². The third-order valence-electron chi connectivity index (χ3n) is 2.79. The van der Waals surface area contributed by atoms with Gasteiger partial charge in [0, 0.05) is 13.0 Å². The van der Waals surface area contributed by atoms with Crippen molar-refractivity contribution in [1.29, 1.82) is 0 Å². The van der Waals surface area contributed by atoms with Crippen LogP contribution in [-0.2, 0) is 13.0 Å². The van der Waals surface area contributed by atoms with Crippen molar-refractivity contribution in [1.82, 2.24) is 19.5 Å². The summed E-state index contributed by atoms with van der Waals surface area (Å²) >= 11 is 0. The quantitative estimate of drug-likeness (QED) is 0.630. The molecule has 0 fully saturated rings. The van der Waals surface area contributed by atoms with Gasteiger partial charge in [0.15, 0.2) is 5.65 Å². The van der Waals surface area contributed by atoms with E-state index in [9.17, 15) is 0 Å². The van der Waals surface area contributed by atoms with Gasteiger partial charge in [-0.15, -0.1) is 0 Å². The molecule has 2 aromatic heterocycles. The molecule has 1 aliphatic rings. The Kier molecular flexibility index (Phi) is 1.72. The van der Waals surface area contributed by atoms with Crippen LogP contribution in [0.1, 0.15) is 25.1 Å². The van der Waals surface area contributed by atoms with E-state index in [1.54, 1.807) is 6.33 Å². The van der Waals surface area contributed by atoms with Gasteiger partial charge in [0.1, 0.15) is 17.7 Å². The van der Waals surface area contributed by atoms with E-state index in [4.69, 9.17) is 0 Å². The van der Waals surface area contributed by atoms with Crippen molar-refractivity contribution in [2.24, 2.45) is 0 Å². The summed E-state index contributed by atoms with van der Waals surface area (Å²) in [6.45, 7) is 1.07. The largest absolute Gasteiger partial charge is 0.325 e. The molecule has 0 saturated heterocycles. The Morgan fingerprint density at radius 2 is 2.21 bits per heavy atom. The van der Waals surface area contributed by atoms with Gasteiger partial charge < -0.3 is 4.57 Å². The first kappa shape index (κ1) is 7.91. The molecule has 0 bridgehead atoms. The minimum atomic E-state index is 0.844. The van der Waals surface area contributed by atoms with Crippen LogP contribution in [0.5, 0.6) is 0 Å². The standard InChI is InChI=1S/C10H12N4/c1-2-4-9-13-10-8(6-11-7-12-10)14(9)5-3-1/h6-7H,1-5H2. The molecule has 3 rings (SSSR count). The van der Waals surface area contributed by atoms with Gasteiger partial charge in [-0.05, 0) is 12.8 Å². The van der Waals surface area contributed by atoms with Crippen LogP contribution in [-0.4, -0.2) is 19.5 Å². The van der Waals surface area contributed by atoms with E-state index in [1.807, 2.05) is 6.20 Å². The van der Waals surface area contributed by atoms with E-state index in [1.165, 1.54) is 25.1 Å². The summed E-state index contributed by atoms with van der Waals surface area (Å²) in [6.07, 6.45) is 8.30. The maximum atomic E-state index is 4.53. The van der Waals surface area contributed by atoms with Crippen molar-refractivity contribution < 1.29 is 0 Å². The fraction of sp³-hybridized carbons (Fsp3) is 0.500. The van der Waals surface area contributed by atoms with Crippen LogP contribution in [0, 0.1) is 0 Å². The van der Waals surface area contributed by atoms with Crippen molar-refractivity contribution in [3.63, 3.8) is 0 Å². The summed E-state index contributed by atoms with van der Waals surface area (Å²) < 4.78 is 2.27. The smallest absolute Gasteiger partial charge is 0.181 e. The molecule has 0 unspecified atom stereocenters. The van der Waals surface area contributed by atoms with Crippen LogP contribution in [0.4, 0.5) is 0 Å². The summed E-state index contributed by atoms with van der Waals surface area (Å²) in [7, 11) is 0. The molecule has 0 aliphatic carbocycles. The number of rotatable bonds is 0. The lowest BCUT2D eigenvalue weighted by molar-refractivity contribution is 0.646. The molecule has 3 heterocycles. The molecule has 14 heavy (non-hydrogen) atoms. The number of fused-ring (bicyclic) bond motifs is 3. The Hall–Kier alpha value is -1.45. The normalized spacial score (nSPS) is 16.6. The Bertz CT molecular complexity index is 460. The molecule has 72 valence electrons. The van der Waals surface area contributed by atoms with Crippen molar-refractivity contribution in [2.45, 2.75) is 32.2 Å². The zero-order valence-electron chi connectivity index (χ0n) is 7.98. The van der Waals surface area contributed by atoms with Crippen LogP contribution >= 0.6 is 0 Å². The number of imidazole rings is 1. The second-order valence-electron chi connectivity index (χ2n) is 3.72. The van der Waals surface area contributed by atoms with E-state index in [0.29, 0.717) is 0 Å². The van der Waals surface area contributed by atoms with Crippen LogP contribution in [0.15, 0.2) is 12.5 Å². The van der Waals surface area contributed by atoms with Crippen LogP contribution in [0.2, 0.25) is 0 Å². The number of aromatic nitrogens is 4. The molecule has 0 saturated carbocycles. The molecule has 0 aromatic carbocycles. The molecular weight excluding hydrogens is 176 g/mol. The van der Waals surface area contributed by atoms with Gasteiger partial charge >= 0.3 is 0 Å². The maximum Gasteiger partial charge on any atom is 0.181 e. The highest BCUT2D eigenvalue weighted by Gasteiger charge is 2.13. The lowest BCUT2D eigenvalue weighted by Crippen LogP contribution is -2.00. The lowest BCUT2D eigenvalue weighted by atomic mass is 10.2. The predicted octanol–water partition coefficient (Wildman–Crippen LogP) is 1.55. The molecule has 0 radical (unpaired) electrons. The molecule has 0 spiro atoms. The van der Waals surface area contributed by atoms with Crippen LogP contribution in [0.3, 0.4) is 0 Å². The average molecular weight is 188 g/mol. The molecule has 2 aromatic rings. The summed E-state index contributed by atoms with van der Waals surface area (Å²) in [5.41, 5.74) is 1.93. The molecule has 1 aliphatic heterocycles. The average Bonchev–Trinajstić information content (AvgIpc) is 2.42. The predicted molar refractivity (Wildman–Crippen MR) is 52.9 cm³/mol. The molecule has 0 atom stereocenters. The zero-order chi connectivity index (χ0) is 9.38. The number of hydrogen-bond donors (Lipinski definition) is 0. The van der Waals surface area contributed by atoms with Crippen LogP contribution in [0.25, 0.3) is 11.2 Å².